The second kappa shape index (κ2) is 8.32. The van der Waals surface area contributed by atoms with Crippen LogP contribution < -0.4 is 10.1 Å². The summed E-state index contributed by atoms with van der Waals surface area (Å²) >= 11 is 12.6. The lowest BCUT2D eigenvalue weighted by Crippen LogP contribution is -2.19. The van der Waals surface area contributed by atoms with Crippen molar-refractivity contribution in [2.24, 2.45) is 0 Å². The fourth-order valence-corrected chi connectivity index (χ4v) is 4.03. The number of amides is 1. The molecular weight excluding hydrogens is 430 g/mol. The van der Waals surface area contributed by atoms with Crippen LogP contribution in [0.25, 0.3) is 21.6 Å². The Morgan fingerprint density at radius 2 is 2.10 bits per heavy atom. The van der Waals surface area contributed by atoms with E-state index in [2.05, 4.69) is 20.5 Å². The molecule has 0 saturated carbocycles. The molecule has 148 valence electrons. The minimum absolute atomic E-state index is 0.00736. The zero-order valence-electron chi connectivity index (χ0n) is 15.3. The summed E-state index contributed by atoms with van der Waals surface area (Å²) in [6.07, 6.45) is 0. The summed E-state index contributed by atoms with van der Waals surface area (Å²) in [6.45, 7) is 2.53. The molecule has 10 heteroatoms. The first-order chi connectivity index (χ1) is 14.0. The number of benzene rings is 2. The van der Waals surface area contributed by atoms with Crippen molar-refractivity contribution in [2.75, 3.05) is 11.9 Å². The standard InChI is InChI=1S/C19H16ClN5O2S2/c1-2-27-13-7-8-14-15(9-13)29-18(21-14)22-16(26)10-25-17(23-24-19(25)28)11-3-5-12(20)6-4-11/h3-9H,2,10H2,1H3,(H,24,28)(H,21,22,26). The molecule has 0 spiro atoms. The number of halogens is 1. The normalized spacial score (nSPS) is 11.0. The number of rotatable bonds is 6. The molecule has 0 bridgehead atoms. The highest BCUT2D eigenvalue weighted by atomic mass is 35.5. The highest BCUT2D eigenvalue weighted by Gasteiger charge is 2.14. The maximum absolute atomic E-state index is 12.6. The van der Waals surface area contributed by atoms with Crippen LogP contribution in [0.2, 0.25) is 5.02 Å². The lowest BCUT2D eigenvalue weighted by atomic mass is 10.2. The Labute approximate surface area is 180 Å². The first-order valence-corrected chi connectivity index (χ1v) is 10.4. The van der Waals surface area contributed by atoms with E-state index in [4.69, 9.17) is 28.6 Å². The lowest BCUT2D eigenvalue weighted by molar-refractivity contribution is -0.116. The van der Waals surface area contributed by atoms with Gasteiger partial charge in [-0.1, -0.05) is 22.9 Å². The maximum Gasteiger partial charge on any atom is 0.246 e. The number of H-pyrrole nitrogens is 1. The fourth-order valence-electron chi connectivity index (χ4n) is 2.80. The zero-order chi connectivity index (χ0) is 20.4. The number of ether oxygens (including phenoxy) is 1. The molecule has 2 heterocycles. The summed E-state index contributed by atoms with van der Waals surface area (Å²) in [6, 6.07) is 12.8. The molecule has 2 aromatic carbocycles. The van der Waals surface area contributed by atoms with Gasteiger partial charge in [0.15, 0.2) is 15.7 Å². The van der Waals surface area contributed by atoms with Crippen molar-refractivity contribution in [3.63, 3.8) is 0 Å². The summed E-state index contributed by atoms with van der Waals surface area (Å²) in [5.74, 6) is 1.09. The van der Waals surface area contributed by atoms with E-state index in [-0.39, 0.29) is 12.5 Å². The van der Waals surface area contributed by atoms with Crippen LogP contribution in [0.5, 0.6) is 5.75 Å². The van der Waals surface area contributed by atoms with E-state index < -0.39 is 0 Å². The molecule has 4 aromatic rings. The van der Waals surface area contributed by atoms with Crippen molar-refractivity contribution in [1.29, 1.82) is 0 Å². The average molecular weight is 446 g/mol. The maximum atomic E-state index is 12.6. The van der Waals surface area contributed by atoms with Crippen molar-refractivity contribution in [1.82, 2.24) is 19.7 Å². The number of aromatic nitrogens is 4. The predicted molar refractivity (Wildman–Crippen MR) is 117 cm³/mol. The second-order valence-corrected chi connectivity index (χ2v) is 7.93. The lowest BCUT2D eigenvalue weighted by Gasteiger charge is -2.06. The first kappa shape index (κ1) is 19.6. The Hall–Kier alpha value is -2.75. The van der Waals surface area contributed by atoms with Gasteiger partial charge in [-0.15, -0.1) is 0 Å². The van der Waals surface area contributed by atoms with Crippen LogP contribution in [0, 0.1) is 4.77 Å². The number of carbonyl (C=O) groups is 1. The minimum atomic E-state index is -0.248. The van der Waals surface area contributed by atoms with Crippen molar-refractivity contribution in [2.45, 2.75) is 13.5 Å². The van der Waals surface area contributed by atoms with E-state index in [0.29, 0.717) is 27.4 Å². The molecule has 2 N–H and O–H groups in total. The molecule has 0 atom stereocenters. The quantitative estimate of drug-likeness (QED) is 0.412. The van der Waals surface area contributed by atoms with Crippen molar-refractivity contribution in [3.05, 3.63) is 52.3 Å². The van der Waals surface area contributed by atoms with Crippen LogP contribution >= 0.6 is 35.2 Å². The van der Waals surface area contributed by atoms with Gasteiger partial charge in [-0.25, -0.2) is 4.98 Å². The third-order valence-corrected chi connectivity index (χ3v) is 5.58. The van der Waals surface area contributed by atoms with Crippen LogP contribution in [-0.2, 0) is 11.3 Å². The van der Waals surface area contributed by atoms with E-state index in [9.17, 15) is 4.79 Å². The monoisotopic (exact) mass is 445 g/mol. The summed E-state index contributed by atoms with van der Waals surface area (Å²) < 4.78 is 8.44. The van der Waals surface area contributed by atoms with Crippen molar-refractivity contribution >= 4 is 56.4 Å². The molecule has 1 amide bonds. The van der Waals surface area contributed by atoms with Gasteiger partial charge in [0, 0.05) is 10.6 Å². The molecule has 0 aliphatic carbocycles. The number of nitrogens with zero attached hydrogens (tertiary/aromatic N) is 3. The van der Waals surface area contributed by atoms with E-state index >= 15 is 0 Å². The van der Waals surface area contributed by atoms with Crippen molar-refractivity contribution < 1.29 is 9.53 Å². The third-order valence-electron chi connectivity index (χ3n) is 4.08. The van der Waals surface area contributed by atoms with Gasteiger partial charge in [-0.2, -0.15) is 5.10 Å². The Morgan fingerprint density at radius 3 is 2.86 bits per heavy atom. The number of carbonyl (C=O) groups excluding carboxylic acids is 1. The van der Waals surface area contributed by atoms with Crippen LogP contribution in [-0.4, -0.2) is 32.3 Å². The SMILES string of the molecule is CCOc1ccc2nc(NC(=O)Cn3c(-c4ccc(Cl)cc4)n[nH]c3=S)sc2c1. The van der Waals surface area contributed by atoms with Gasteiger partial charge in [0.2, 0.25) is 5.91 Å². The van der Waals surface area contributed by atoms with Gasteiger partial charge < -0.3 is 10.1 Å². The van der Waals surface area contributed by atoms with Crippen LogP contribution in [0.1, 0.15) is 6.92 Å². The van der Waals surface area contributed by atoms with Crippen LogP contribution in [0.3, 0.4) is 0 Å². The largest absolute Gasteiger partial charge is 0.494 e. The number of nitrogens with one attached hydrogen (secondary N) is 2. The highest BCUT2D eigenvalue weighted by molar-refractivity contribution is 7.71. The summed E-state index contributed by atoms with van der Waals surface area (Å²) in [5, 5.41) is 10.9. The molecule has 0 radical (unpaired) electrons. The highest BCUT2D eigenvalue weighted by Crippen LogP contribution is 2.29. The molecule has 0 aliphatic heterocycles. The third kappa shape index (κ3) is 4.31. The molecular formula is C19H16ClN5O2S2. The number of hydrogen-bond donors (Lipinski definition) is 2. The van der Waals surface area contributed by atoms with Crippen LogP contribution in [0.15, 0.2) is 42.5 Å². The molecule has 0 saturated heterocycles. The molecule has 0 unspecified atom stereocenters. The summed E-state index contributed by atoms with van der Waals surface area (Å²) in [5.41, 5.74) is 1.61. The zero-order valence-corrected chi connectivity index (χ0v) is 17.7. The number of hydrogen-bond acceptors (Lipinski definition) is 6. The molecule has 0 aliphatic rings. The molecule has 4 rings (SSSR count). The van der Waals surface area contributed by atoms with Crippen LogP contribution in [0.4, 0.5) is 5.13 Å². The van der Waals surface area contributed by atoms with Gasteiger partial charge in [0.25, 0.3) is 0 Å². The molecule has 29 heavy (non-hydrogen) atoms. The first-order valence-electron chi connectivity index (χ1n) is 8.78. The Bertz CT molecular complexity index is 1230. The number of thiazole rings is 1. The van der Waals surface area contributed by atoms with E-state index in [1.54, 1.807) is 16.7 Å². The van der Waals surface area contributed by atoms with E-state index in [0.717, 1.165) is 21.5 Å². The summed E-state index contributed by atoms with van der Waals surface area (Å²) in [7, 11) is 0. The average Bonchev–Trinajstić information content (AvgIpc) is 3.25. The van der Waals surface area contributed by atoms with E-state index in [1.807, 2.05) is 37.3 Å². The van der Waals surface area contributed by atoms with Gasteiger partial charge in [-0.3, -0.25) is 14.5 Å². The number of anilines is 1. The molecule has 0 fully saturated rings. The Morgan fingerprint density at radius 1 is 1.31 bits per heavy atom. The molecule has 2 aromatic heterocycles. The summed E-state index contributed by atoms with van der Waals surface area (Å²) in [4.78, 5) is 17.1. The topological polar surface area (TPSA) is 84.8 Å². The van der Waals surface area contributed by atoms with Gasteiger partial charge in [0.05, 0.1) is 16.8 Å². The molecule has 7 nitrogen and oxygen atoms in total. The van der Waals surface area contributed by atoms with Gasteiger partial charge in [0.1, 0.15) is 12.3 Å². The Balaban J connectivity index is 1.53. The number of aromatic amines is 1. The van der Waals surface area contributed by atoms with Gasteiger partial charge in [-0.05, 0) is 61.6 Å². The fraction of sp³-hybridized carbons (Fsp3) is 0.158. The predicted octanol–water partition coefficient (Wildman–Crippen LogP) is 4.91. The number of fused-ring (bicyclic) bond motifs is 1. The second-order valence-electron chi connectivity index (χ2n) is 6.08. The smallest absolute Gasteiger partial charge is 0.246 e. The van der Waals surface area contributed by atoms with Gasteiger partial charge >= 0.3 is 0 Å². The van der Waals surface area contributed by atoms with E-state index in [1.165, 1.54) is 11.3 Å². The van der Waals surface area contributed by atoms with Crippen molar-refractivity contribution in [3.8, 4) is 17.1 Å². The minimum Gasteiger partial charge on any atom is -0.494 e. The Kier molecular flexibility index (Phi) is 5.61.